The maximum Gasteiger partial charge on any atom is 0.0412 e. The van der Waals surface area contributed by atoms with Gasteiger partial charge >= 0.3 is 0 Å². The Morgan fingerprint density at radius 1 is 0.667 bits per heavy atom. The third kappa shape index (κ3) is 3.05. The highest BCUT2D eigenvalue weighted by molar-refractivity contribution is 5.51. The highest BCUT2D eigenvalue weighted by Gasteiger charge is 1.92. The van der Waals surface area contributed by atoms with Crippen molar-refractivity contribution in [2.45, 2.75) is 0 Å². The van der Waals surface area contributed by atoms with Gasteiger partial charge in [0.25, 0.3) is 0 Å². The Morgan fingerprint density at radius 3 is 2.00 bits per heavy atom. The van der Waals surface area contributed by atoms with Crippen molar-refractivity contribution < 1.29 is 0 Å². The summed E-state index contributed by atoms with van der Waals surface area (Å²) < 4.78 is 0. The molecule has 18 heavy (non-hydrogen) atoms. The third-order valence-corrected chi connectivity index (χ3v) is 2.32. The Hall–Kier alpha value is -2.88. The summed E-state index contributed by atoms with van der Waals surface area (Å²) >= 11 is 0. The average molecular weight is 226 g/mol. The molecule has 0 amide bonds. The maximum atomic E-state index is 5.39. The van der Waals surface area contributed by atoms with Crippen molar-refractivity contribution in [2.75, 3.05) is 0 Å². The molecule has 0 heterocycles. The minimum Gasteiger partial charge on any atom is -0.115 e. The molecule has 0 aliphatic heterocycles. The second kappa shape index (κ2) is 6.00. The zero-order valence-electron chi connectivity index (χ0n) is 9.77. The van der Waals surface area contributed by atoms with Gasteiger partial charge < -0.3 is 0 Å². The molecule has 0 bridgehead atoms. The van der Waals surface area contributed by atoms with Crippen LogP contribution in [-0.4, -0.2) is 0 Å². The van der Waals surface area contributed by atoms with E-state index in [0.717, 1.165) is 16.7 Å². The van der Waals surface area contributed by atoms with Gasteiger partial charge in [-0.05, 0) is 36.1 Å². The lowest BCUT2D eigenvalue weighted by molar-refractivity contribution is 1.59. The van der Waals surface area contributed by atoms with E-state index in [1.807, 2.05) is 54.6 Å². The summed E-state index contributed by atoms with van der Waals surface area (Å²) in [5.74, 6) is 14.2. The Balaban J connectivity index is 2.20. The monoisotopic (exact) mass is 226 g/mol. The highest BCUT2D eigenvalue weighted by atomic mass is 13.9. The van der Waals surface area contributed by atoms with Gasteiger partial charge in [0.2, 0.25) is 0 Å². The van der Waals surface area contributed by atoms with Crippen LogP contribution in [0.2, 0.25) is 0 Å². The van der Waals surface area contributed by atoms with Crippen LogP contribution in [0, 0.1) is 36.0 Å². The van der Waals surface area contributed by atoms with Gasteiger partial charge in [-0.25, -0.2) is 0 Å². The first kappa shape index (κ1) is 11.6. The second-order valence-corrected chi connectivity index (χ2v) is 3.56. The van der Waals surface area contributed by atoms with Crippen LogP contribution in [0.4, 0.5) is 0 Å². The molecule has 0 nitrogen and oxygen atoms in total. The van der Waals surface area contributed by atoms with Gasteiger partial charge in [-0.3, -0.25) is 0 Å². The van der Waals surface area contributed by atoms with Crippen molar-refractivity contribution in [1.82, 2.24) is 0 Å². The Labute approximate surface area is 108 Å². The maximum absolute atomic E-state index is 5.39. The van der Waals surface area contributed by atoms with E-state index in [2.05, 4.69) is 29.6 Å². The minimum absolute atomic E-state index is 0.798. The largest absolute Gasteiger partial charge is 0.115 e. The molecule has 0 saturated heterocycles. The number of hydrogen-bond acceptors (Lipinski definition) is 0. The fourth-order valence-corrected chi connectivity index (χ4v) is 1.44. The normalized spacial score (nSPS) is 8.17. The summed E-state index contributed by atoms with van der Waals surface area (Å²) in [5.41, 5.74) is 2.59. The summed E-state index contributed by atoms with van der Waals surface area (Å²) in [6, 6.07) is 17.3. The topological polar surface area (TPSA) is 0 Å². The summed E-state index contributed by atoms with van der Waals surface area (Å²) in [6.45, 7) is 0. The van der Waals surface area contributed by atoms with Gasteiger partial charge in [0.15, 0.2) is 0 Å². The van der Waals surface area contributed by atoms with E-state index >= 15 is 0 Å². The number of benzene rings is 2. The molecular weight excluding hydrogens is 216 g/mol. The smallest absolute Gasteiger partial charge is 0.0412 e. The van der Waals surface area contributed by atoms with Gasteiger partial charge in [0, 0.05) is 16.7 Å². The molecule has 0 unspecified atom stereocenters. The fraction of sp³-hybridized carbons (Fsp3) is 0. The lowest BCUT2D eigenvalue weighted by atomic mass is 10.1. The van der Waals surface area contributed by atoms with Crippen LogP contribution >= 0.6 is 0 Å². The van der Waals surface area contributed by atoms with Crippen LogP contribution < -0.4 is 0 Å². The predicted molar refractivity (Wildman–Crippen MR) is 74.6 cm³/mol. The Bertz CT molecular complexity index is 693. The predicted octanol–water partition coefficient (Wildman–Crippen LogP) is 3.07. The van der Waals surface area contributed by atoms with E-state index in [4.69, 9.17) is 6.42 Å². The summed E-state index contributed by atoms with van der Waals surface area (Å²) in [6.07, 6.45) is 5.39. The number of hydrogen-bond donors (Lipinski definition) is 0. The second-order valence-electron chi connectivity index (χ2n) is 3.56. The zero-order chi connectivity index (χ0) is 12.6. The van der Waals surface area contributed by atoms with Crippen LogP contribution in [0.15, 0.2) is 54.6 Å². The average Bonchev–Trinajstić information content (AvgIpc) is 2.45. The van der Waals surface area contributed by atoms with Crippen molar-refractivity contribution >= 4 is 0 Å². The van der Waals surface area contributed by atoms with E-state index in [0.29, 0.717) is 0 Å². The molecular formula is C18H10. The van der Waals surface area contributed by atoms with Crippen molar-refractivity contribution in [1.29, 1.82) is 0 Å². The fourth-order valence-electron chi connectivity index (χ4n) is 1.44. The quantitative estimate of drug-likeness (QED) is 0.606. The van der Waals surface area contributed by atoms with E-state index in [9.17, 15) is 0 Å². The SMILES string of the molecule is C#Cc1ccccc1C#CC#Cc1ccccc1. The number of rotatable bonds is 0. The van der Waals surface area contributed by atoms with Gasteiger partial charge in [0.1, 0.15) is 0 Å². The first-order chi connectivity index (χ1) is 8.90. The Kier molecular flexibility index (Phi) is 3.87. The van der Waals surface area contributed by atoms with Gasteiger partial charge in [0.05, 0.1) is 0 Å². The first-order valence-corrected chi connectivity index (χ1v) is 5.53. The Morgan fingerprint density at radius 2 is 1.28 bits per heavy atom. The molecule has 2 rings (SSSR count). The molecule has 0 atom stereocenters. The van der Waals surface area contributed by atoms with Crippen molar-refractivity contribution in [3.63, 3.8) is 0 Å². The molecule has 0 aliphatic carbocycles. The molecule has 0 aliphatic rings. The van der Waals surface area contributed by atoms with Crippen molar-refractivity contribution in [3.05, 3.63) is 71.3 Å². The zero-order valence-corrected chi connectivity index (χ0v) is 9.77. The first-order valence-electron chi connectivity index (χ1n) is 5.53. The van der Waals surface area contributed by atoms with Gasteiger partial charge in [-0.2, -0.15) is 0 Å². The third-order valence-electron chi connectivity index (χ3n) is 2.32. The standard InChI is InChI=1S/C18H10/c1-2-17-13-8-9-15-18(17)14-7-6-12-16-10-4-3-5-11-16/h1,3-5,8-11,13,15H. The molecule has 2 aromatic rings. The summed E-state index contributed by atoms with van der Waals surface area (Å²) in [7, 11) is 0. The van der Waals surface area contributed by atoms with E-state index in [1.54, 1.807) is 0 Å². The molecule has 82 valence electrons. The lowest BCUT2D eigenvalue weighted by Crippen LogP contribution is -1.80. The van der Waals surface area contributed by atoms with Crippen LogP contribution in [0.1, 0.15) is 16.7 Å². The molecule has 0 N–H and O–H groups in total. The molecule has 2 aromatic carbocycles. The molecule has 0 aromatic heterocycles. The van der Waals surface area contributed by atoms with Gasteiger partial charge in [-0.1, -0.05) is 48.1 Å². The molecule has 0 radical (unpaired) electrons. The number of terminal acetylenes is 1. The molecule has 0 fully saturated rings. The minimum atomic E-state index is 0.798. The summed E-state index contributed by atoms with van der Waals surface area (Å²) in [4.78, 5) is 0. The van der Waals surface area contributed by atoms with Gasteiger partial charge in [-0.15, -0.1) is 6.42 Å². The van der Waals surface area contributed by atoms with Crippen molar-refractivity contribution in [3.8, 4) is 36.0 Å². The summed E-state index contributed by atoms with van der Waals surface area (Å²) in [5, 5.41) is 0. The van der Waals surface area contributed by atoms with Crippen LogP contribution in [0.5, 0.6) is 0 Å². The lowest BCUT2D eigenvalue weighted by Gasteiger charge is -1.92. The molecule has 0 spiro atoms. The van der Waals surface area contributed by atoms with Crippen LogP contribution in [0.3, 0.4) is 0 Å². The van der Waals surface area contributed by atoms with Crippen LogP contribution in [-0.2, 0) is 0 Å². The van der Waals surface area contributed by atoms with E-state index < -0.39 is 0 Å². The van der Waals surface area contributed by atoms with E-state index in [-0.39, 0.29) is 0 Å². The van der Waals surface area contributed by atoms with Crippen molar-refractivity contribution in [2.24, 2.45) is 0 Å². The highest BCUT2D eigenvalue weighted by Crippen LogP contribution is 2.04. The molecule has 0 heteroatoms. The van der Waals surface area contributed by atoms with Crippen LogP contribution in [0.25, 0.3) is 0 Å². The van der Waals surface area contributed by atoms with E-state index in [1.165, 1.54) is 0 Å². The molecule has 0 saturated carbocycles.